The highest BCUT2D eigenvalue weighted by molar-refractivity contribution is 7.92. The van der Waals surface area contributed by atoms with Crippen LogP contribution in [-0.2, 0) is 19.6 Å². The molecule has 0 radical (unpaired) electrons. The van der Waals surface area contributed by atoms with E-state index in [-0.39, 0.29) is 12.3 Å². The highest BCUT2D eigenvalue weighted by Crippen LogP contribution is 2.21. The number of nitrogens with zero attached hydrogens (tertiary/aromatic N) is 2. The number of amides is 2. The Morgan fingerprint density at radius 1 is 0.972 bits per heavy atom. The highest BCUT2D eigenvalue weighted by atomic mass is 32.2. The third-order valence-electron chi connectivity index (χ3n) is 4.59. The van der Waals surface area contributed by atoms with Gasteiger partial charge in [0.05, 0.1) is 18.2 Å². The summed E-state index contributed by atoms with van der Waals surface area (Å²) in [6, 6.07) is 16.9. The van der Waals surface area contributed by atoms with E-state index in [0.29, 0.717) is 21.3 Å². The molecule has 188 valence electrons. The van der Waals surface area contributed by atoms with Crippen molar-refractivity contribution >= 4 is 39.4 Å². The van der Waals surface area contributed by atoms with Crippen molar-refractivity contribution in [3.8, 4) is 5.75 Å². The Labute approximate surface area is 206 Å². The molecule has 3 aromatic rings. The Kier molecular flexibility index (Phi) is 8.68. The summed E-state index contributed by atoms with van der Waals surface area (Å²) in [5.41, 5.74) is 2.96. The number of hydrogen-bond donors (Lipinski definition) is 2. The second kappa shape index (κ2) is 11.9. The molecule has 0 aliphatic rings. The third-order valence-corrected chi connectivity index (χ3v) is 5.72. The molecule has 0 atom stereocenters. The molecule has 0 unspecified atom stereocenters. The fourth-order valence-electron chi connectivity index (χ4n) is 2.91. The largest absolute Gasteiger partial charge is 0.484 e. The number of ether oxygens (including phenoxy) is 1. The molecule has 0 aliphatic carbocycles. The number of halogens is 2. The minimum atomic E-state index is -3.93. The topological polar surface area (TPSA) is 117 Å². The number of hydrazone groups is 1. The highest BCUT2D eigenvalue weighted by Gasteiger charge is 2.23. The van der Waals surface area contributed by atoms with Crippen LogP contribution < -0.4 is 19.8 Å². The van der Waals surface area contributed by atoms with Gasteiger partial charge in [-0.05, 0) is 66.2 Å². The van der Waals surface area contributed by atoms with Crippen LogP contribution in [0.15, 0.2) is 77.9 Å². The third kappa shape index (κ3) is 7.87. The van der Waals surface area contributed by atoms with E-state index in [2.05, 4.69) is 15.8 Å². The van der Waals surface area contributed by atoms with Gasteiger partial charge in [-0.3, -0.25) is 13.9 Å². The molecule has 9 nitrogen and oxygen atoms in total. The van der Waals surface area contributed by atoms with Crippen molar-refractivity contribution in [2.75, 3.05) is 29.0 Å². The summed E-state index contributed by atoms with van der Waals surface area (Å²) < 4.78 is 57.0. The first-order chi connectivity index (χ1) is 17.1. The van der Waals surface area contributed by atoms with Crippen LogP contribution in [-0.4, -0.2) is 45.9 Å². The van der Waals surface area contributed by atoms with E-state index in [9.17, 15) is 26.8 Å². The van der Waals surface area contributed by atoms with E-state index in [0.717, 1.165) is 12.3 Å². The molecule has 0 saturated heterocycles. The molecule has 0 aromatic heterocycles. The number of carbonyl (C=O) groups is 2. The van der Waals surface area contributed by atoms with Gasteiger partial charge in [0.1, 0.15) is 23.9 Å². The Balaban J connectivity index is 1.50. The average Bonchev–Trinajstić information content (AvgIpc) is 2.83. The maximum Gasteiger partial charge on any atom is 0.262 e. The molecule has 3 rings (SSSR count). The molecule has 0 spiro atoms. The molecular formula is C24H22F2N4O5S. The van der Waals surface area contributed by atoms with E-state index in [1.54, 1.807) is 24.3 Å². The van der Waals surface area contributed by atoms with Gasteiger partial charge in [0.25, 0.3) is 11.8 Å². The van der Waals surface area contributed by atoms with Gasteiger partial charge >= 0.3 is 0 Å². The van der Waals surface area contributed by atoms with E-state index in [4.69, 9.17) is 4.74 Å². The van der Waals surface area contributed by atoms with Gasteiger partial charge in [0.15, 0.2) is 6.61 Å². The SMILES string of the molecule is CS(=O)(=O)N(CC(=O)N/N=C\c1ccc(OCC(=O)Nc2ccc(F)cc2)cc1)c1ccccc1F. The maximum atomic E-state index is 14.0. The van der Waals surface area contributed by atoms with Crippen LogP contribution in [0.1, 0.15) is 5.56 Å². The van der Waals surface area contributed by atoms with Crippen molar-refractivity contribution in [2.24, 2.45) is 5.10 Å². The van der Waals surface area contributed by atoms with Crippen molar-refractivity contribution in [3.05, 3.63) is 90.0 Å². The summed E-state index contributed by atoms with van der Waals surface area (Å²) >= 11 is 0. The Bertz CT molecular complexity index is 1350. The first kappa shape index (κ1) is 26.3. The quantitative estimate of drug-likeness (QED) is 0.318. The Morgan fingerprint density at radius 2 is 1.64 bits per heavy atom. The molecule has 0 bridgehead atoms. The number of benzene rings is 3. The number of para-hydroxylation sites is 1. The summed E-state index contributed by atoms with van der Waals surface area (Å²) in [6.45, 7) is -0.927. The van der Waals surface area contributed by atoms with Crippen molar-refractivity contribution in [3.63, 3.8) is 0 Å². The number of rotatable bonds is 10. The summed E-state index contributed by atoms with van der Waals surface area (Å²) in [6.07, 6.45) is 2.18. The first-order valence-corrected chi connectivity index (χ1v) is 12.3. The predicted octanol–water partition coefficient (Wildman–Crippen LogP) is 2.90. The Hall–Kier alpha value is -4.32. The average molecular weight is 517 g/mol. The van der Waals surface area contributed by atoms with Gasteiger partial charge in [-0.25, -0.2) is 22.6 Å². The zero-order valence-corrected chi connectivity index (χ0v) is 19.8. The van der Waals surface area contributed by atoms with Gasteiger partial charge in [0.2, 0.25) is 10.0 Å². The van der Waals surface area contributed by atoms with Gasteiger partial charge in [-0.15, -0.1) is 0 Å². The lowest BCUT2D eigenvalue weighted by atomic mass is 10.2. The zero-order valence-electron chi connectivity index (χ0n) is 19.0. The lowest BCUT2D eigenvalue weighted by Gasteiger charge is -2.21. The summed E-state index contributed by atoms with van der Waals surface area (Å²) in [5, 5.41) is 6.35. The molecule has 0 saturated carbocycles. The molecule has 0 aliphatic heterocycles. The smallest absolute Gasteiger partial charge is 0.262 e. The van der Waals surface area contributed by atoms with Crippen LogP contribution in [0, 0.1) is 11.6 Å². The van der Waals surface area contributed by atoms with Crippen LogP contribution >= 0.6 is 0 Å². The molecule has 36 heavy (non-hydrogen) atoms. The van der Waals surface area contributed by atoms with Gasteiger partial charge in [-0.1, -0.05) is 12.1 Å². The monoisotopic (exact) mass is 516 g/mol. The van der Waals surface area contributed by atoms with Crippen LogP contribution in [0.4, 0.5) is 20.2 Å². The summed E-state index contributed by atoms with van der Waals surface area (Å²) in [4.78, 5) is 24.1. The van der Waals surface area contributed by atoms with E-state index in [1.807, 2.05) is 0 Å². The lowest BCUT2D eigenvalue weighted by molar-refractivity contribution is -0.119. The molecule has 2 amide bonds. The Morgan fingerprint density at radius 3 is 2.28 bits per heavy atom. The fraction of sp³-hybridized carbons (Fsp3) is 0.125. The lowest BCUT2D eigenvalue weighted by Crippen LogP contribution is -2.39. The standard InChI is InChI=1S/C24H22F2N4O5S/c1-36(33,34)30(22-5-3-2-4-21(22)26)15-23(31)29-27-14-17-6-12-20(13-7-17)35-16-24(32)28-19-10-8-18(25)9-11-19/h2-14H,15-16H2,1H3,(H,28,32)(H,29,31)/b27-14-. The number of sulfonamides is 1. The molecule has 2 N–H and O–H groups in total. The molecule has 3 aromatic carbocycles. The number of carbonyl (C=O) groups excluding carboxylic acids is 2. The van der Waals surface area contributed by atoms with Crippen molar-refractivity contribution in [1.29, 1.82) is 0 Å². The predicted molar refractivity (Wildman–Crippen MR) is 131 cm³/mol. The number of hydrogen-bond acceptors (Lipinski definition) is 6. The van der Waals surface area contributed by atoms with Crippen LogP contribution in [0.25, 0.3) is 0 Å². The first-order valence-electron chi connectivity index (χ1n) is 10.4. The normalized spacial score (nSPS) is 11.2. The summed E-state index contributed by atoms with van der Waals surface area (Å²) in [5.74, 6) is -1.99. The molecule has 12 heteroatoms. The van der Waals surface area contributed by atoms with Gasteiger partial charge in [-0.2, -0.15) is 5.10 Å². The van der Waals surface area contributed by atoms with Gasteiger partial charge in [0, 0.05) is 5.69 Å². The second-order valence-electron chi connectivity index (χ2n) is 7.43. The van der Waals surface area contributed by atoms with Crippen molar-refractivity contribution < 1.29 is 31.5 Å². The van der Waals surface area contributed by atoms with E-state index >= 15 is 0 Å². The minimum Gasteiger partial charge on any atom is -0.484 e. The molecule has 0 heterocycles. The number of anilines is 2. The van der Waals surface area contributed by atoms with E-state index < -0.39 is 40.0 Å². The minimum absolute atomic E-state index is 0.249. The van der Waals surface area contributed by atoms with Crippen LogP contribution in [0.2, 0.25) is 0 Å². The van der Waals surface area contributed by atoms with Crippen molar-refractivity contribution in [2.45, 2.75) is 0 Å². The van der Waals surface area contributed by atoms with Crippen molar-refractivity contribution in [1.82, 2.24) is 5.43 Å². The van der Waals surface area contributed by atoms with Gasteiger partial charge < -0.3 is 10.1 Å². The molecular weight excluding hydrogens is 494 g/mol. The summed E-state index contributed by atoms with van der Waals surface area (Å²) in [7, 11) is -3.93. The second-order valence-corrected chi connectivity index (χ2v) is 9.33. The fourth-order valence-corrected chi connectivity index (χ4v) is 3.77. The molecule has 0 fully saturated rings. The van der Waals surface area contributed by atoms with Crippen LogP contribution in [0.5, 0.6) is 5.75 Å². The number of nitrogens with one attached hydrogen (secondary N) is 2. The van der Waals surface area contributed by atoms with Crippen LogP contribution in [0.3, 0.4) is 0 Å². The maximum absolute atomic E-state index is 14.0. The van der Waals surface area contributed by atoms with E-state index in [1.165, 1.54) is 48.7 Å². The zero-order chi connectivity index (χ0) is 26.1.